The van der Waals surface area contributed by atoms with Crippen LogP contribution in [-0.4, -0.2) is 5.11 Å². The molecule has 0 saturated heterocycles. The largest absolute Gasteiger partial charge is 0.508 e. The second-order valence-corrected chi connectivity index (χ2v) is 5.47. The monoisotopic (exact) mass is 214 g/mol. The Kier molecular flexibility index (Phi) is 2.42. The summed E-state index contributed by atoms with van der Waals surface area (Å²) >= 11 is 0. The summed E-state index contributed by atoms with van der Waals surface area (Å²) in [6.07, 6.45) is 0. The molecule has 0 aliphatic heterocycles. The van der Waals surface area contributed by atoms with Gasteiger partial charge >= 0.3 is 0 Å². The minimum Gasteiger partial charge on any atom is -0.508 e. The summed E-state index contributed by atoms with van der Waals surface area (Å²) in [4.78, 5) is 0. The number of aromatic hydroxyl groups is 1. The number of aryl methyl sites for hydroxylation is 1. The van der Waals surface area contributed by atoms with Crippen LogP contribution in [0.5, 0.6) is 5.75 Å². The van der Waals surface area contributed by atoms with Crippen LogP contribution < -0.4 is 0 Å². The Labute approximate surface area is 96.7 Å². The van der Waals surface area contributed by atoms with Crippen LogP contribution in [0.15, 0.2) is 30.3 Å². The van der Waals surface area contributed by atoms with E-state index < -0.39 is 0 Å². The maximum absolute atomic E-state index is 9.77. The fourth-order valence-corrected chi connectivity index (χ4v) is 2.09. The van der Waals surface area contributed by atoms with Crippen molar-refractivity contribution >= 4 is 10.8 Å². The summed E-state index contributed by atoms with van der Waals surface area (Å²) in [5, 5.41) is 12.1. The fraction of sp³-hybridized carbons (Fsp3) is 0.333. The highest BCUT2D eigenvalue weighted by atomic mass is 16.3. The molecular formula is C15H18O. The summed E-state index contributed by atoms with van der Waals surface area (Å²) in [7, 11) is 0. The first-order valence-electron chi connectivity index (χ1n) is 5.62. The third kappa shape index (κ3) is 1.90. The van der Waals surface area contributed by atoms with E-state index >= 15 is 0 Å². The van der Waals surface area contributed by atoms with Gasteiger partial charge in [0.05, 0.1) is 0 Å². The summed E-state index contributed by atoms with van der Waals surface area (Å²) in [6.45, 7) is 8.57. The van der Waals surface area contributed by atoms with E-state index in [9.17, 15) is 5.11 Å². The summed E-state index contributed by atoms with van der Waals surface area (Å²) < 4.78 is 0. The molecule has 0 heterocycles. The molecule has 0 aliphatic rings. The van der Waals surface area contributed by atoms with E-state index in [0.717, 1.165) is 5.39 Å². The number of rotatable bonds is 0. The molecule has 0 aromatic heterocycles. The molecule has 2 aromatic rings. The molecule has 1 N–H and O–H groups in total. The van der Waals surface area contributed by atoms with Crippen molar-refractivity contribution in [2.75, 3.05) is 0 Å². The van der Waals surface area contributed by atoms with Crippen LogP contribution in [-0.2, 0) is 5.41 Å². The molecule has 2 aromatic carbocycles. The average molecular weight is 214 g/mol. The molecule has 84 valence electrons. The lowest BCUT2D eigenvalue weighted by molar-refractivity contribution is 0.472. The van der Waals surface area contributed by atoms with Crippen LogP contribution in [0.25, 0.3) is 10.8 Å². The zero-order valence-electron chi connectivity index (χ0n) is 10.3. The minimum atomic E-state index is 0.0479. The van der Waals surface area contributed by atoms with Crippen molar-refractivity contribution in [3.8, 4) is 5.75 Å². The Morgan fingerprint density at radius 2 is 1.69 bits per heavy atom. The first-order chi connectivity index (χ1) is 7.38. The van der Waals surface area contributed by atoms with Gasteiger partial charge in [0.2, 0.25) is 0 Å². The van der Waals surface area contributed by atoms with Gasteiger partial charge in [-0.2, -0.15) is 0 Å². The van der Waals surface area contributed by atoms with Crippen molar-refractivity contribution in [3.63, 3.8) is 0 Å². The Hall–Kier alpha value is -1.50. The summed E-state index contributed by atoms with van der Waals surface area (Å²) in [5.41, 5.74) is 2.46. The van der Waals surface area contributed by atoms with Crippen molar-refractivity contribution in [1.29, 1.82) is 0 Å². The molecule has 0 saturated carbocycles. The molecule has 2 rings (SSSR count). The lowest BCUT2D eigenvalue weighted by atomic mass is 9.83. The van der Waals surface area contributed by atoms with Crippen molar-refractivity contribution in [2.45, 2.75) is 33.1 Å². The SMILES string of the molecule is Cc1ccc2c(C(C)(C)C)cc(O)cc2c1. The van der Waals surface area contributed by atoms with E-state index in [-0.39, 0.29) is 5.41 Å². The topological polar surface area (TPSA) is 20.2 Å². The van der Waals surface area contributed by atoms with Crippen molar-refractivity contribution < 1.29 is 5.11 Å². The Balaban J connectivity index is 2.83. The maximum atomic E-state index is 9.77. The van der Waals surface area contributed by atoms with Crippen LogP contribution in [0.4, 0.5) is 0 Å². The predicted molar refractivity (Wildman–Crippen MR) is 69.0 cm³/mol. The quantitative estimate of drug-likeness (QED) is 0.698. The van der Waals surface area contributed by atoms with Crippen LogP contribution in [0.3, 0.4) is 0 Å². The molecule has 0 radical (unpaired) electrons. The molecule has 0 aliphatic carbocycles. The molecule has 1 heteroatoms. The third-order valence-corrected chi connectivity index (χ3v) is 2.90. The van der Waals surface area contributed by atoms with E-state index in [1.165, 1.54) is 16.5 Å². The van der Waals surface area contributed by atoms with Gasteiger partial charge in [-0.1, -0.05) is 44.5 Å². The second-order valence-electron chi connectivity index (χ2n) is 5.47. The minimum absolute atomic E-state index is 0.0479. The lowest BCUT2D eigenvalue weighted by Crippen LogP contribution is -2.11. The van der Waals surface area contributed by atoms with Crippen molar-refractivity contribution in [1.82, 2.24) is 0 Å². The van der Waals surface area contributed by atoms with Gasteiger partial charge in [-0.3, -0.25) is 0 Å². The highest BCUT2D eigenvalue weighted by Gasteiger charge is 2.17. The summed E-state index contributed by atoms with van der Waals surface area (Å²) in [5.74, 6) is 0.350. The molecular weight excluding hydrogens is 196 g/mol. The van der Waals surface area contributed by atoms with Gasteiger partial charge in [-0.15, -0.1) is 0 Å². The second kappa shape index (κ2) is 3.51. The zero-order valence-corrected chi connectivity index (χ0v) is 10.3. The Bertz CT molecular complexity index is 528. The number of phenols is 1. The first kappa shape index (κ1) is 11.0. The number of phenolic OH excluding ortho intramolecular Hbond substituents is 1. The standard InChI is InChI=1S/C15H18O/c1-10-5-6-13-11(7-10)8-12(16)9-14(13)15(2,3)4/h5-9,16H,1-4H3. The third-order valence-electron chi connectivity index (χ3n) is 2.90. The van der Waals surface area contributed by atoms with Gasteiger partial charge in [0.1, 0.15) is 5.75 Å². The molecule has 0 unspecified atom stereocenters. The van der Waals surface area contributed by atoms with Gasteiger partial charge in [-0.05, 0) is 40.8 Å². The highest BCUT2D eigenvalue weighted by Crippen LogP contribution is 2.33. The highest BCUT2D eigenvalue weighted by molar-refractivity contribution is 5.88. The smallest absolute Gasteiger partial charge is 0.116 e. The zero-order chi connectivity index (χ0) is 11.9. The van der Waals surface area contributed by atoms with Crippen molar-refractivity contribution in [3.05, 3.63) is 41.5 Å². The average Bonchev–Trinajstić information content (AvgIpc) is 2.14. The van der Waals surface area contributed by atoms with Gasteiger partial charge in [0.25, 0.3) is 0 Å². The number of hydrogen-bond donors (Lipinski definition) is 1. The van der Waals surface area contributed by atoms with Crippen LogP contribution in [0, 0.1) is 6.92 Å². The fourth-order valence-electron chi connectivity index (χ4n) is 2.09. The van der Waals surface area contributed by atoms with Gasteiger partial charge < -0.3 is 5.11 Å². The molecule has 0 amide bonds. The first-order valence-corrected chi connectivity index (χ1v) is 5.62. The maximum Gasteiger partial charge on any atom is 0.116 e. The van der Waals surface area contributed by atoms with Crippen LogP contribution in [0.2, 0.25) is 0 Å². The molecule has 0 spiro atoms. The van der Waals surface area contributed by atoms with Crippen molar-refractivity contribution in [2.24, 2.45) is 0 Å². The Morgan fingerprint density at radius 1 is 1.00 bits per heavy atom. The number of fused-ring (bicyclic) bond motifs is 1. The molecule has 1 nitrogen and oxygen atoms in total. The van der Waals surface area contributed by atoms with E-state index in [1.807, 2.05) is 12.1 Å². The van der Waals surface area contributed by atoms with Crippen LogP contribution >= 0.6 is 0 Å². The van der Waals surface area contributed by atoms with Gasteiger partial charge in [-0.25, -0.2) is 0 Å². The summed E-state index contributed by atoms with van der Waals surface area (Å²) in [6, 6.07) is 10.1. The van der Waals surface area contributed by atoms with Gasteiger partial charge in [0, 0.05) is 0 Å². The molecule has 0 bridgehead atoms. The Morgan fingerprint density at radius 3 is 2.31 bits per heavy atom. The van der Waals surface area contributed by atoms with E-state index in [1.54, 1.807) is 0 Å². The number of benzene rings is 2. The molecule has 0 atom stereocenters. The number of hydrogen-bond acceptors (Lipinski definition) is 1. The van der Waals surface area contributed by atoms with E-state index in [2.05, 4.69) is 45.9 Å². The van der Waals surface area contributed by atoms with Crippen LogP contribution in [0.1, 0.15) is 31.9 Å². The normalized spacial score (nSPS) is 12.0. The molecule has 16 heavy (non-hydrogen) atoms. The predicted octanol–water partition coefficient (Wildman–Crippen LogP) is 4.15. The van der Waals surface area contributed by atoms with E-state index in [0.29, 0.717) is 5.75 Å². The van der Waals surface area contributed by atoms with E-state index in [4.69, 9.17) is 0 Å². The lowest BCUT2D eigenvalue weighted by Gasteiger charge is -2.22. The molecule has 0 fully saturated rings. The van der Waals surface area contributed by atoms with Gasteiger partial charge in [0.15, 0.2) is 0 Å².